The van der Waals surface area contributed by atoms with Crippen molar-refractivity contribution in [1.82, 2.24) is 9.55 Å². The summed E-state index contributed by atoms with van der Waals surface area (Å²) >= 11 is 1.73. The maximum absolute atomic E-state index is 12.4. The Morgan fingerprint density at radius 1 is 1.19 bits per heavy atom. The highest BCUT2D eigenvalue weighted by molar-refractivity contribution is 7.98. The molecular formula is C26H25N3O2S. The summed E-state index contributed by atoms with van der Waals surface area (Å²) in [7, 11) is 0. The third kappa shape index (κ3) is 4.29. The molecule has 0 aliphatic carbocycles. The number of nitrogens with zero attached hydrogens (tertiary/aromatic N) is 2. The standard InChI is InChI=1S/C26H25N3O2S/c1-32-26-16-20-15-19(24-5-3-13-31-24)6-11-23(20)29(26)22-9-7-21(8-10-22)28-25(30)14-18-4-2-12-27-17-18/h2,4,6-12,15-17,24H,3,5,13-14H2,1H3,(H,28,30). The monoisotopic (exact) mass is 443 g/mol. The van der Waals surface area contributed by atoms with Gasteiger partial charge in [0.05, 0.1) is 23.1 Å². The van der Waals surface area contributed by atoms with Crippen LogP contribution < -0.4 is 5.32 Å². The van der Waals surface area contributed by atoms with Crippen molar-refractivity contribution < 1.29 is 9.53 Å². The van der Waals surface area contributed by atoms with Crippen LogP contribution in [0.1, 0.15) is 30.1 Å². The summed E-state index contributed by atoms with van der Waals surface area (Å²) in [6.07, 6.45) is 8.27. The van der Waals surface area contributed by atoms with Gasteiger partial charge in [0.15, 0.2) is 0 Å². The number of fused-ring (bicyclic) bond motifs is 1. The van der Waals surface area contributed by atoms with Gasteiger partial charge in [0.25, 0.3) is 0 Å². The zero-order valence-corrected chi connectivity index (χ0v) is 18.8. The number of thioether (sulfide) groups is 1. The first-order valence-corrected chi connectivity index (χ1v) is 12.0. The highest BCUT2D eigenvalue weighted by Crippen LogP contribution is 2.35. The van der Waals surface area contributed by atoms with E-state index in [-0.39, 0.29) is 12.0 Å². The Kier molecular flexibility index (Phi) is 5.97. The number of carbonyl (C=O) groups is 1. The molecule has 162 valence electrons. The number of hydrogen-bond donors (Lipinski definition) is 1. The molecule has 1 saturated heterocycles. The van der Waals surface area contributed by atoms with Crippen molar-refractivity contribution in [3.05, 3.63) is 84.2 Å². The number of anilines is 1. The van der Waals surface area contributed by atoms with Crippen LogP contribution in [0.3, 0.4) is 0 Å². The second kappa shape index (κ2) is 9.18. The van der Waals surface area contributed by atoms with Crippen LogP contribution in [0.2, 0.25) is 0 Å². The van der Waals surface area contributed by atoms with Crippen molar-refractivity contribution in [2.45, 2.75) is 30.4 Å². The molecule has 1 unspecified atom stereocenters. The van der Waals surface area contributed by atoms with Crippen LogP contribution in [0.25, 0.3) is 16.6 Å². The highest BCUT2D eigenvalue weighted by atomic mass is 32.2. The van der Waals surface area contributed by atoms with Gasteiger partial charge in [0.2, 0.25) is 5.91 Å². The number of pyridine rings is 1. The van der Waals surface area contributed by atoms with Crippen LogP contribution in [0.5, 0.6) is 0 Å². The Morgan fingerprint density at radius 3 is 2.78 bits per heavy atom. The minimum Gasteiger partial charge on any atom is -0.374 e. The molecule has 1 N–H and O–H groups in total. The molecule has 1 amide bonds. The molecule has 0 saturated carbocycles. The van der Waals surface area contributed by atoms with Gasteiger partial charge in [0.1, 0.15) is 0 Å². The Hall–Kier alpha value is -3.09. The van der Waals surface area contributed by atoms with Gasteiger partial charge in [-0.2, -0.15) is 0 Å². The van der Waals surface area contributed by atoms with Crippen molar-refractivity contribution in [1.29, 1.82) is 0 Å². The van der Waals surface area contributed by atoms with E-state index in [9.17, 15) is 4.79 Å². The molecule has 1 aliphatic rings. The van der Waals surface area contributed by atoms with E-state index in [0.717, 1.165) is 36.4 Å². The van der Waals surface area contributed by atoms with Gasteiger partial charge in [-0.25, -0.2) is 0 Å². The van der Waals surface area contributed by atoms with E-state index >= 15 is 0 Å². The van der Waals surface area contributed by atoms with Gasteiger partial charge in [-0.3, -0.25) is 9.78 Å². The number of rotatable bonds is 6. The van der Waals surface area contributed by atoms with Gasteiger partial charge in [-0.15, -0.1) is 11.8 Å². The maximum Gasteiger partial charge on any atom is 0.228 e. The number of aromatic nitrogens is 2. The van der Waals surface area contributed by atoms with Crippen molar-refractivity contribution >= 4 is 34.3 Å². The molecule has 0 radical (unpaired) electrons. The predicted molar refractivity (Wildman–Crippen MR) is 130 cm³/mol. The quantitative estimate of drug-likeness (QED) is 0.384. The summed E-state index contributed by atoms with van der Waals surface area (Å²) in [6, 6.07) is 20.6. The smallest absolute Gasteiger partial charge is 0.228 e. The second-order valence-corrected chi connectivity index (χ2v) is 8.80. The third-order valence-electron chi connectivity index (χ3n) is 5.80. The summed E-state index contributed by atoms with van der Waals surface area (Å²) in [4.78, 5) is 16.4. The van der Waals surface area contributed by atoms with E-state index < -0.39 is 0 Å². The van der Waals surface area contributed by atoms with Gasteiger partial charge >= 0.3 is 0 Å². The highest BCUT2D eigenvalue weighted by Gasteiger charge is 2.19. The fraction of sp³-hybridized carbons (Fsp3) is 0.231. The molecule has 1 atom stereocenters. The Morgan fingerprint density at radius 2 is 2.06 bits per heavy atom. The lowest BCUT2D eigenvalue weighted by molar-refractivity contribution is -0.115. The number of nitrogens with one attached hydrogen (secondary N) is 1. The Bertz CT molecular complexity index is 1230. The van der Waals surface area contributed by atoms with Crippen molar-refractivity contribution in [3.8, 4) is 5.69 Å². The number of hydrogen-bond acceptors (Lipinski definition) is 4. The maximum atomic E-state index is 12.4. The molecule has 2 aromatic heterocycles. The number of carbonyl (C=O) groups excluding carboxylic acids is 1. The second-order valence-electron chi connectivity index (χ2n) is 7.98. The molecule has 0 spiro atoms. The number of ether oxygens (including phenoxy) is 1. The summed E-state index contributed by atoms with van der Waals surface area (Å²) in [5, 5.41) is 5.37. The van der Waals surface area contributed by atoms with E-state index in [1.165, 1.54) is 21.5 Å². The van der Waals surface area contributed by atoms with E-state index in [2.05, 4.69) is 45.4 Å². The first-order valence-electron chi connectivity index (χ1n) is 10.8. The summed E-state index contributed by atoms with van der Waals surface area (Å²) < 4.78 is 8.13. The average Bonchev–Trinajstić information content (AvgIpc) is 3.48. The molecule has 1 fully saturated rings. The SMILES string of the molecule is CSc1cc2cc(C3CCCO3)ccc2n1-c1ccc(NC(=O)Cc2cccnc2)cc1. The van der Waals surface area contributed by atoms with E-state index in [4.69, 9.17) is 4.74 Å². The number of benzene rings is 2. The molecule has 5 nitrogen and oxygen atoms in total. The summed E-state index contributed by atoms with van der Waals surface area (Å²) in [5.74, 6) is -0.0522. The zero-order chi connectivity index (χ0) is 21.9. The molecule has 1 aliphatic heterocycles. The van der Waals surface area contributed by atoms with Gasteiger partial charge in [0, 0.05) is 35.8 Å². The van der Waals surface area contributed by atoms with Gasteiger partial charge < -0.3 is 14.6 Å². The summed E-state index contributed by atoms with van der Waals surface area (Å²) in [6.45, 7) is 0.852. The molecule has 5 rings (SSSR count). The number of amides is 1. The van der Waals surface area contributed by atoms with E-state index in [1.807, 2.05) is 36.4 Å². The van der Waals surface area contributed by atoms with Crippen molar-refractivity contribution in [2.75, 3.05) is 18.2 Å². The largest absolute Gasteiger partial charge is 0.374 e. The zero-order valence-electron chi connectivity index (χ0n) is 18.0. The fourth-order valence-electron chi connectivity index (χ4n) is 4.25. The topological polar surface area (TPSA) is 56.1 Å². The minimum absolute atomic E-state index is 0.0522. The van der Waals surface area contributed by atoms with E-state index in [0.29, 0.717) is 6.42 Å². The molecule has 4 aromatic rings. The van der Waals surface area contributed by atoms with Gasteiger partial charge in [-0.05, 0) is 78.8 Å². The van der Waals surface area contributed by atoms with Crippen LogP contribution in [-0.4, -0.2) is 28.3 Å². The summed E-state index contributed by atoms with van der Waals surface area (Å²) in [5.41, 5.74) is 5.17. The first-order chi connectivity index (χ1) is 15.7. The van der Waals surface area contributed by atoms with Crippen LogP contribution in [-0.2, 0) is 16.0 Å². The minimum atomic E-state index is -0.0522. The molecular weight excluding hydrogens is 418 g/mol. The molecule has 2 aromatic carbocycles. The lowest BCUT2D eigenvalue weighted by Gasteiger charge is -2.13. The van der Waals surface area contributed by atoms with Crippen LogP contribution in [0, 0.1) is 0 Å². The lowest BCUT2D eigenvalue weighted by atomic mass is 10.0. The Labute approximate surface area is 191 Å². The predicted octanol–water partition coefficient (Wildman–Crippen LogP) is 5.78. The van der Waals surface area contributed by atoms with Crippen LogP contribution >= 0.6 is 11.8 Å². The average molecular weight is 444 g/mol. The molecule has 0 bridgehead atoms. The third-order valence-corrected chi connectivity index (χ3v) is 6.52. The van der Waals surface area contributed by atoms with E-state index in [1.54, 1.807) is 24.2 Å². The lowest BCUT2D eigenvalue weighted by Crippen LogP contribution is -2.14. The molecule has 3 heterocycles. The first kappa shape index (κ1) is 20.8. The fourth-order valence-corrected chi connectivity index (χ4v) is 4.88. The Balaban J connectivity index is 1.38. The van der Waals surface area contributed by atoms with Crippen molar-refractivity contribution in [3.63, 3.8) is 0 Å². The van der Waals surface area contributed by atoms with Gasteiger partial charge in [-0.1, -0.05) is 12.1 Å². The van der Waals surface area contributed by atoms with Crippen LogP contribution in [0.4, 0.5) is 5.69 Å². The molecule has 32 heavy (non-hydrogen) atoms. The van der Waals surface area contributed by atoms with Crippen molar-refractivity contribution in [2.24, 2.45) is 0 Å². The van der Waals surface area contributed by atoms with Crippen LogP contribution in [0.15, 0.2) is 78.1 Å². The normalized spacial score (nSPS) is 15.8. The molecule has 6 heteroatoms.